The second-order valence-electron chi connectivity index (χ2n) is 6.07. The number of carbonyl (C=O) groups excluding carboxylic acids is 1. The van der Waals surface area contributed by atoms with E-state index in [0.717, 1.165) is 0 Å². The average molecular weight is 270 g/mol. The van der Waals surface area contributed by atoms with Crippen LogP contribution in [0.2, 0.25) is 0 Å². The van der Waals surface area contributed by atoms with Gasteiger partial charge in [-0.3, -0.25) is 9.59 Å². The van der Waals surface area contributed by atoms with Gasteiger partial charge in [-0.15, -0.1) is 0 Å². The normalized spacial score (nSPS) is 24.7. The molecule has 1 saturated carbocycles. The standard InChI is InChI=1S/C14H26N2O3/c1-9(2)12(16(3)4)8-15-13(17)10-5-6-11(7-10)14(18)19/h9-12H,5-8H2,1-4H3,(H,15,17)(H,18,19). The van der Waals surface area contributed by atoms with E-state index in [4.69, 9.17) is 5.11 Å². The molecule has 19 heavy (non-hydrogen) atoms. The lowest BCUT2D eigenvalue weighted by Gasteiger charge is -2.28. The van der Waals surface area contributed by atoms with Crippen molar-refractivity contribution >= 4 is 11.9 Å². The van der Waals surface area contributed by atoms with Gasteiger partial charge < -0.3 is 15.3 Å². The SMILES string of the molecule is CC(C)C(CNC(=O)C1CCC(C(=O)O)C1)N(C)C. The van der Waals surface area contributed by atoms with E-state index >= 15 is 0 Å². The molecule has 0 radical (unpaired) electrons. The van der Waals surface area contributed by atoms with E-state index in [1.54, 1.807) is 0 Å². The zero-order valence-corrected chi connectivity index (χ0v) is 12.3. The van der Waals surface area contributed by atoms with Gasteiger partial charge in [0.15, 0.2) is 0 Å². The predicted octanol–water partition coefficient (Wildman–Crippen LogP) is 1.19. The van der Waals surface area contributed by atoms with E-state index in [1.165, 1.54) is 0 Å². The first-order valence-corrected chi connectivity index (χ1v) is 6.99. The van der Waals surface area contributed by atoms with E-state index in [0.29, 0.717) is 37.8 Å². The first-order chi connectivity index (χ1) is 8.82. The second-order valence-corrected chi connectivity index (χ2v) is 6.07. The van der Waals surface area contributed by atoms with Crippen molar-refractivity contribution in [3.63, 3.8) is 0 Å². The number of carboxylic acids is 1. The van der Waals surface area contributed by atoms with Crippen LogP contribution in [0.15, 0.2) is 0 Å². The lowest BCUT2D eigenvalue weighted by molar-refractivity contribution is -0.141. The van der Waals surface area contributed by atoms with E-state index in [-0.39, 0.29) is 17.7 Å². The van der Waals surface area contributed by atoms with Crippen molar-refractivity contribution < 1.29 is 14.7 Å². The molecule has 0 saturated heterocycles. The lowest BCUT2D eigenvalue weighted by atomic mass is 10.0. The summed E-state index contributed by atoms with van der Waals surface area (Å²) >= 11 is 0. The maximum atomic E-state index is 12.0. The first-order valence-electron chi connectivity index (χ1n) is 6.99. The third-order valence-electron chi connectivity index (χ3n) is 4.07. The van der Waals surface area contributed by atoms with E-state index in [9.17, 15) is 9.59 Å². The summed E-state index contributed by atoms with van der Waals surface area (Å²) in [5.74, 6) is -0.771. The van der Waals surface area contributed by atoms with Gasteiger partial charge in [-0.25, -0.2) is 0 Å². The molecule has 2 N–H and O–H groups in total. The van der Waals surface area contributed by atoms with Gasteiger partial charge in [-0.05, 0) is 39.3 Å². The van der Waals surface area contributed by atoms with Crippen LogP contribution in [0.4, 0.5) is 0 Å². The van der Waals surface area contributed by atoms with Gasteiger partial charge in [0.25, 0.3) is 0 Å². The molecule has 0 aliphatic heterocycles. The summed E-state index contributed by atoms with van der Waals surface area (Å²) in [5.41, 5.74) is 0. The Morgan fingerprint density at radius 3 is 2.26 bits per heavy atom. The minimum Gasteiger partial charge on any atom is -0.481 e. The maximum Gasteiger partial charge on any atom is 0.306 e. The molecule has 5 heteroatoms. The Balaban J connectivity index is 2.41. The Morgan fingerprint density at radius 2 is 1.84 bits per heavy atom. The molecule has 1 aliphatic carbocycles. The Bertz CT molecular complexity index is 321. The van der Waals surface area contributed by atoms with Crippen LogP contribution >= 0.6 is 0 Å². The molecule has 1 fully saturated rings. The summed E-state index contributed by atoms with van der Waals surface area (Å²) in [5, 5.41) is 11.9. The molecule has 0 aromatic rings. The third-order valence-corrected chi connectivity index (χ3v) is 4.07. The van der Waals surface area contributed by atoms with E-state index in [2.05, 4.69) is 24.1 Å². The van der Waals surface area contributed by atoms with E-state index < -0.39 is 5.97 Å². The predicted molar refractivity (Wildman–Crippen MR) is 73.8 cm³/mol. The van der Waals surface area contributed by atoms with Crippen LogP contribution in [0.1, 0.15) is 33.1 Å². The number of carboxylic acid groups (broad SMARTS) is 1. The lowest BCUT2D eigenvalue weighted by Crippen LogP contribution is -2.44. The topological polar surface area (TPSA) is 69.6 Å². The number of carbonyl (C=O) groups is 2. The number of hydrogen-bond acceptors (Lipinski definition) is 3. The molecule has 1 aliphatic rings. The molecule has 0 aromatic heterocycles. The van der Waals surface area contributed by atoms with Crippen LogP contribution in [-0.2, 0) is 9.59 Å². The fourth-order valence-corrected chi connectivity index (χ4v) is 2.81. The summed E-state index contributed by atoms with van der Waals surface area (Å²) in [4.78, 5) is 25.0. The highest BCUT2D eigenvalue weighted by Crippen LogP contribution is 2.31. The van der Waals surface area contributed by atoms with Gasteiger partial charge in [-0.1, -0.05) is 13.8 Å². The van der Waals surface area contributed by atoms with Gasteiger partial charge in [0.05, 0.1) is 5.92 Å². The van der Waals surface area contributed by atoms with Crippen LogP contribution in [0, 0.1) is 17.8 Å². The quantitative estimate of drug-likeness (QED) is 0.760. The van der Waals surface area contributed by atoms with Crippen molar-refractivity contribution in [1.82, 2.24) is 10.2 Å². The zero-order chi connectivity index (χ0) is 14.6. The second kappa shape index (κ2) is 6.89. The van der Waals surface area contributed by atoms with Crippen LogP contribution in [0.3, 0.4) is 0 Å². The zero-order valence-electron chi connectivity index (χ0n) is 12.3. The highest BCUT2D eigenvalue weighted by Gasteiger charge is 2.34. The molecular weight excluding hydrogens is 244 g/mol. The number of nitrogens with one attached hydrogen (secondary N) is 1. The van der Waals surface area contributed by atoms with Gasteiger partial charge >= 0.3 is 5.97 Å². The number of likely N-dealkylation sites (N-methyl/N-ethyl adjacent to an activating group) is 1. The van der Waals surface area contributed by atoms with Gasteiger partial charge in [0.2, 0.25) is 5.91 Å². The monoisotopic (exact) mass is 270 g/mol. The number of amides is 1. The Morgan fingerprint density at radius 1 is 1.26 bits per heavy atom. The Hall–Kier alpha value is -1.10. The van der Waals surface area contributed by atoms with Crippen molar-refractivity contribution in [2.75, 3.05) is 20.6 Å². The largest absolute Gasteiger partial charge is 0.481 e. The van der Waals surface area contributed by atoms with Crippen LogP contribution in [-0.4, -0.2) is 48.6 Å². The highest BCUT2D eigenvalue weighted by molar-refractivity contribution is 5.80. The molecular formula is C14H26N2O3. The third kappa shape index (κ3) is 4.49. The van der Waals surface area contributed by atoms with Crippen molar-refractivity contribution in [2.24, 2.45) is 17.8 Å². The minimum atomic E-state index is -0.774. The molecule has 0 heterocycles. The number of nitrogens with zero attached hydrogens (tertiary/aromatic N) is 1. The molecule has 0 bridgehead atoms. The van der Waals surface area contributed by atoms with Crippen molar-refractivity contribution in [3.8, 4) is 0 Å². The molecule has 5 nitrogen and oxygen atoms in total. The van der Waals surface area contributed by atoms with Gasteiger partial charge in [-0.2, -0.15) is 0 Å². The van der Waals surface area contributed by atoms with Gasteiger partial charge in [0, 0.05) is 18.5 Å². The summed E-state index contributed by atoms with van der Waals surface area (Å²) in [7, 11) is 4.01. The minimum absolute atomic E-state index is 0.0104. The number of rotatable bonds is 6. The fraction of sp³-hybridized carbons (Fsp3) is 0.857. The Labute approximate surface area is 115 Å². The maximum absolute atomic E-state index is 12.0. The molecule has 1 rings (SSSR count). The van der Waals surface area contributed by atoms with Crippen molar-refractivity contribution in [2.45, 2.75) is 39.2 Å². The highest BCUT2D eigenvalue weighted by atomic mass is 16.4. The summed E-state index contributed by atoms with van der Waals surface area (Å²) in [6, 6.07) is 0.306. The summed E-state index contributed by atoms with van der Waals surface area (Å²) in [6.45, 7) is 4.89. The van der Waals surface area contributed by atoms with Crippen molar-refractivity contribution in [1.29, 1.82) is 0 Å². The van der Waals surface area contributed by atoms with Crippen molar-refractivity contribution in [3.05, 3.63) is 0 Å². The summed E-state index contributed by atoms with van der Waals surface area (Å²) in [6.07, 6.45) is 1.79. The Kier molecular flexibility index (Phi) is 5.79. The van der Waals surface area contributed by atoms with E-state index in [1.807, 2.05) is 14.1 Å². The molecule has 110 valence electrons. The van der Waals surface area contributed by atoms with Crippen LogP contribution < -0.4 is 5.32 Å². The first kappa shape index (κ1) is 16.0. The number of aliphatic carboxylic acids is 1. The fourth-order valence-electron chi connectivity index (χ4n) is 2.81. The van der Waals surface area contributed by atoms with Gasteiger partial charge in [0.1, 0.15) is 0 Å². The average Bonchev–Trinajstić information content (AvgIpc) is 2.77. The molecule has 1 amide bonds. The van der Waals surface area contributed by atoms with Crippen LogP contribution in [0.25, 0.3) is 0 Å². The summed E-state index contributed by atoms with van der Waals surface area (Å²) < 4.78 is 0. The molecule has 0 aromatic carbocycles. The molecule has 3 atom stereocenters. The number of hydrogen-bond donors (Lipinski definition) is 2. The van der Waals surface area contributed by atoms with Crippen LogP contribution in [0.5, 0.6) is 0 Å². The smallest absolute Gasteiger partial charge is 0.306 e. The molecule has 3 unspecified atom stereocenters. The molecule has 0 spiro atoms.